The molecule has 0 aliphatic carbocycles. The smallest absolute Gasteiger partial charge is 0.242 e. The molecule has 3 heterocycles. The van der Waals surface area contributed by atoms with Gasteiger partial charge < -0.3 is 14.0 Å². The Labute approximate surface area is 145 Å². The van der Waals surface area contributed by atoms with Gasteiger partial charge in [0, 0.05) is 42.2 Å². The highest BCUT2D eigenvalue weighted by Crippen LogP contribution is 2.23. The van der Waals surface area contributed by atoms with Crippen molar-refractivity contribution in [3.05, 3.63) is 54.2 Å². The summed E-state index contributed by atoms with van der Waals surface area (Å²) in [5, 5.41) is 1.79. The fourth-order valence-corrected chi connectivity index (χ4v) is 3.62. The van der Waals surface area contributed by atoms with Crippen LogP contribution in [0.3, 0.4) is 0 Å². The molecule has 1 aromatic carbocycles. The van der Waals surface area contributed by atoms with Gasteiger partial charge in [-0.3, -0.25) is 4.79 Å². The summed E-state index contributed by atoms with van der Waals surface area (Å²) >= 11 is 6.09. The molecule has 1 aliphatic heterocycles. The summed E-state index contributed by atoms with van der Waals surface area (Å²) in [6, 6.07) is 8.10. The highest BCUT2D eigenvalue weighted by Gasteiger charge is 2.24. The number of hydrogen-bond acceptors (Lipinski definition) is 2. The summed E-state index contributed by atoms with van der Waals surface area (Å²) in [4.78, 5) is 18.8. The third-order valence-electron chi connectivity index (χ3n) is 4.74. The molecule has 0 bridgehead atoms. The molecule has 0 spiro atoms. The van der Waals surface area contributed by atoms with E-state index in [-0.39, 0.29) is 5.91 Å². The van der Waals surface area contributed by atoms with Crippen molar-refractivity contribution >= 4 is 28.4 Å². The molecule has 0 radical (unpaired) electrons. The van der Waals surface area contributed by atoms with Crippen molar-refractivity contribution in [2.75, 3.05) is 13.1 Å². The molecule has 1 amide bonds. The predicted molar refractivity (Wildman–Crippen MR) is 94.0 cm³/mol. The number of aromatic nitrogens is 3. The average Bonchev–Trinajstić information content (AvgIpc) is 3.25. The zero-order chi connectivity index (χ0) is 16.5. The van der Waals surface area contributed by atoms with Gasteiger partial charge in [0.2, 0.25) is 5.91 Å². The minimum absolute atomic E-state index is 0.150. The fraction of sp³-hybridized carbons (Fsp3) is 0.333. The summed E-state index contributed by atoms with van der Waals surface area (Å²) in [5.41, 5.74) is 0.999. The van der Waals surface area contributed by atoms with Gasteiger partial charge in [-0.2, -0.15) is 0 Å². The lowest BCUT2D eigenvalue weighted by Crippen LogP contribution is -2.42. The van der Waals surface area contributed by atoms with E-state index in [1.807, 2.05) is 52.5 Å². The molecule has 1 atom stereocenters. The number of amides is 1. The summed E-state index contributed by atoms with van der Waals surface area (Å²) in [6.45, 7) is 1.92. The number of likely N-dealkylation sites (tertiary alicyclic amines) is 1. The van der Waals surface area contributed by atoms with Crippen molar-refractivity contribution in [2.24, 2.45) is 0 Å². The van der Waals surface area contributed by atoms with Crippen LogP contribution in [-0.2, 0) is 11.3 Å². The van der Waals surface area contributed by atoms with E-state index in [4.69, 9.17) is 11.6 Å². The Morgan fingerprint density at radius 2 is 2.21 bits per heavy atom. The lowest BCUT2D eigenvalue weighted by atomic mass is 10.1. The molecule has 4 rings (SSSR count). The van der Waals surface area contributed by atoms with E-state index in [2.05, 4.69) is 9.55 Å². The lowest BCUT2D eigenvalue weighted by molar-refractivity contribution is -0.133. The van der Waals surface area contributed by atoms with E-state index in [9.17, 15) is 4.79 Å². The second-order valence-corrected chi connectivity index (χ2v) is 6.73. The quantitative estimate of drug-likeness (QED) is 0.732. The van der Waals surface area contributed by atoms with Crippen molar-refractivity contribution in [1.82, 2.24) is 19.0 Å². The maximum atomic E-state index is 12.8. The molecule has 1 saturated heterocycles. The lowest BCUT2D eigenvalue weighted by Gasteiger charge is -2.33. The topological polar surface area (TPSA) is 43.1 Å². The van der Waals surface area contributed by atoms with E-state index in [1.54, 1.807) is 6.20 Å². The molecule has 5 nitrogen and oxygen atoms in total. The standard InChI is InChI=1S/C18H19ClN4O/c19-15-4-3-14-5-8-21(17(14)10-15)12-18(24)22-7-1-2-16(11-22)23-9-6-20-13-23/h3-6,8-10,13,16H,1-2,7,11-12H2/t16-/m1/s1. The third kappa shape index (κ3) is 2.91. The van der Waals surface area contributed by atoms with Crippen LogP contribution in [0, 0.1) is 0 Å². The molecule has 124 valence electrons. The van der Waals surface area contributed by atoms with Crippen LogP contribution < -0.4 is 0 Å². The molecular weight excluding hydrogens is 324 g/mol. The predicted octanol–water partition coefficient (Wildman–Crippen LogP) is 3.35. The van der Waals surface area contributed by atoms with Crippen molar-refractivity contribution in [1.29, 1.82) is 0 Å². The average molecular weight is 343 g/mol. The monoisotopic (exact) mass is 342 g/mol. The molecule has 0 unspecified atom stereocenters. The SMILES string of the molecule is O=C(Cn1ccc2ccc(Cl)cc21)N1CCC[C@@H](n2ccnc2)C1. The van der Waals surface area contributed by atoms with Crippen LogP contribution in [0.2, 0.25) is 5.02 Å². The number of benzene rings is 1. The van der Waals surface area contributed by atoms with Gasteiger partial charge in [-0.1, -0.05) is 17.7 Å². The van der Waals surface area contributed by atoms with Crippen molar-refractivity contribution in [3.8, 4) is 0 Å². The third-order valence-corrected chi connectivity index (χ3v) is 4.97. The van der Waals surface area contributed by atoms with Crippen LogP contribution in [0.4, 0.5) is 0 Å². The summed E-state index contributed by atoms with van der Waals surface area (Å²) in [6.07, 6.45) is 9.65. The van der Waals surface area contributed by atoms with Gasteiger partial charge in [0.25, 0.3) is 0 Å². The van der Waals surface area contributed by atoms with E-state index >= 15 is 0 Å². The van der Waals surface area contributed by atoms with E-state index < -0.39 is 0 Å². The van der Waals surface area contributed by atoms with Gasteiger partial charge in [0.05, 0.1) is 12.4 Å². The highest BCUT2D eigenvalue weighted by atomic mass is 35.5. The van der Waals surface area contributed by atoms with Gasteiger partial charge in [-0.05, 0) is 36.4 Å². The summed E-state index contributed by atoms with van der Waals surface area (Å²) in [7, 11) is 0. The molecule has 1 fully saturated rings. The van der Waals surface area contributed by atoms with Crippen molar-refractivity contribution in [3.63, 3.8) is 0 Å². The number of rotatable bonds is 3. The fourth-order valence-electron chi connectivity index (χ4n) is 3.45. The van der Waals surface area contributed by atoms with E-state index in [0.29, 0.717) is 17.6 Å². The minimum atomic E-state index is 0.150. The molecule has 2 aromatic heterocycles. The van der Waals surface area contributed by atoms with Crippen LogP contribution in [0.1, 0.15) is 18.9 Å². The zero-order valence-electron chi connectivity index (χ0n) is 13.3. The number of carbonyl (C=O) groups is 1. The maximum absolute atomic E-state index is 12.8. The number of nitrogens with zero attached hydrogens (tertiary/aromatic N) is 4. The first kappa shape index (κ1) is 15.3. The van der Waals surface area contributed by atoms with Crippen molar-refractivity contribution < 1.29 is 4.79 Å². The number of hydrogen-bond donors (Lipinski definition) is 0. The van der Waals surface area contributed by atoms with Crippen LogP contribution >= 0.6 is 11.6 Å². The van der Waals surface area contributed by atoms with E-state index in [1.165, 1.54) is 0 Å². The molecule has 6 heteroatoms. The second kappa shape index (κ2) is 6.32. The first-order chi connectivity index (χ1) is 11.7. The number of carbonyl (C=O) groups excluding carboxylic acids is 1. The Bertz CT molecular complexity index is 855. The Hall–Kier alpha value is -2.27. The molecule has 0 saturated carbocycles. The Morgan fingerprint density at radius 1 is 1.29 bits per heavy atom. The maximum Gasteiger partial charge on any atom is 0.242 e. The van der Waals surface area contributed by atoms with Crippen LogP contribution in [0.5, 0.6) is 0 Å². The number of piperidine rings is 1. The molecule has 1 aliphatic rings. The first-order valence-electron chi connectivity index (χ1n) is 8.20. The number of imidazole rings is 1. The zero-order valence-corrected chi connectivity index (χ0v) is 14.1. The Kier molecular flexibility index (Phi) is 4.02. The van der Waals surface area contributed by atoms with Gasteiger partial charge in [-0.25, -0.2) is 4.98 Å². The Balaban J connectivity index is 1.50. The molecule has 3 aromatic rings. The normalized spacial score (nSPS) is 18.2. The number of fused-ring (bicyclic) bond motifs is 1. The van der Waals surface area contributed by atoms with Gasteiger partial charge in [-0.15, -0.1) is 0 Å². The number of halogens is 1. The first-order valence-corrected chi connectivity index (χ1v) is 8.58. The molecular formula is C18H19ClN4O. The minimum Gasteiger partial charge on any atom is -0.339 e. The second-order valence-electron chi connectivity index (χ2n) is 6.29. The van der Waals surface area contributed by atoms with Crippen LogP contribution in [-0.4, -0.2) is 38.0 Å². The van der Waals surface area contributed by atoms with Gasteiger partial charge in [0.1, 0.15) is 6.54 Å². The van der Waals surface area contributed by atoms with E-state index in [0.717, 1.165) is 36.8 Å². The Morgan fingerprint density at radius 3 is 3.04 bits per heavy atom. The molecule has 0 N–H and O–H groups in total. The van der Waals surface area contributed by atoms with Gasteiger partial charge >= 0.3 is 0 Å². The van der Waals surface area contributed by atoms with Gasteiger partial charge in [0.15, 0.2) is 0 Å². The molecule has 24 heavy (non-hydrogen) atoms. The highest BCUT2D eigenvalue weighted by molar-refractivity contribution is 6.31. The van der Waals surface area contributed by atoms with Crippen molar-refractivity contribution in [2.45, 2.75) is 25.4 Å². The summed E-state index contributed by atoms with van der Waals surface area (Å²) < 4.78 is 4.08. The van der Waals surface area contributed by atoms with Crippen LogP contribution in [0.15, 0.2) is 49.2 Å². The van der Waals surface area contributed by atoms with Crippen LogP contribution in [0.25, 0.3) is 10.9 Å². The largest absolute Gasteiger partial charge is 0.339 e. The summed E-state index contributed by atoms with van der Waals surface area (Å²) in [5.74, 6) is 0.150.